The van der Waals surface area contributed by atoms with Crippen molar-refractivity contribution < 1.29 is 9.47 Å². The molecule has 0 unspecified atom stereocenters. The van der Waals surface area contributed by atoms with E-state index in [4.69, 9.17) is 9.47 Å². The van der Waals surface area contributed by atoms with Crippen LogP contribution in [0.2, 0.25) is 0 Å². The number of aryl methyl sites for hydroxylation is 1. The first-order valence-corrected chi connectivity index (χ1v) is 6.30. The standard InChI is InChI=1S/C16H18N2O2/c1-12-4-7-14(8-5-12)18-17-11-13-6-9-15(19-2)10-16(13)20-3/h4-11,18H,1-3H3/b17-11+. The Morgan fingerprint density at radius 1 is 1.00 bits per heavy atom. The quantitative estimate of drug-likeness (QED) is 0.668. The zero-order valence-electron chi connectivity index (χ0n) is 11.9. The van der Waals surface area contributed by atoms with Crippen LogP contribution in [-0.4, -0.2) is 20.4 Å². The molecule has 0 aliphatic carbocycles. The molecule has 0 heterocycles. The Labute approximate surface area is 119 Å². The van der Waals surface area contributed by atoms with E-state index in [1.807, 2.05) is 42.5 Å². The van der Waals surface area contributed by atoms with Crippen LogP contribution >= 0.6 is 0 Å². The van der Waals surface area contributed by atoms with Crippen LogP contribution in [0, 0.1) is 6.92 Å². The number of methoxy groups -OCH3 is 2. The lowest BCUT2D eigenvalue weighted by Gasteiger charge is -2.07. The lowest BCUT2D eigenvalue weighted by atomic mass is 10.2. The molecule has 104 valence electrons. The fourth-order valence-electron chi connectivity index (χ4n) is 1.73. The Balaban J connectivity index is 2.09. The molecular weight excluding hydrogens is 252 g/mol. The summed E-state index contributed by atoms with van der Waals surface area (Å²) in [6.07, 6.45) is 1.72. The Morgan fingerprint density at radius 3 is 2.40 bits per heavy atom. The first-order chi connectivity index (χ1) is 9.72. The van der Waals surface area contributed by atoms with Crippen molar-refractivity contribution in [3.05, 3.63) is 53.6 Å². The van der Waals surface area contributed by atoms with E-state index < -0.39 is 0 Å². The lowest BCUT2D eigenvalue weighted by molar-refractivity contribution is 0.394. The molecule has 0 aromatic heterocycles. The smallest absolute Gasteiger partial charge is 0.131 e. The zero-order valence-corrected chi connectivity index (χ0v) is 11.9. The maximum absolute atomic E-state index is 5.31. The minimum absolute atomic E-state index is 0.721. The summed E-state index contributed by atoms with van der Waals surface area (Å²) >= 11 is 0. The fraction of sp³-hybridized carbons (Fsp3) is 0.188. The van der Waals surface area contributed by atoms with Crippen molar-refractivity contribution in [3.63, 3.8) is 0 Å². The Kier molecular flexibility index (Phi) is 4.60. The van der Waals surface area contributed by atoms with E-state index in [2.05, 4.69) is 17.5 Å². The third kappa shape index (κ3) is 3.51. The van der Waals surface area contributed by atoms with Gasteiger partial charge in [-0.3, -0.25) is 5.43 Å². The maximum Gasteiger partial charge on any atom is 0.131 e. The topological polar surface area (TPSA) is 42.8 Å². The van der Waals surface area contributed by atoms with Crippen LogP contribution in [0.25, 0.3) is 0 Å². The number of ether oxygens (including phenoxy) is 2. The molecule has 0 aliphatic heterocycles. The molecule has 1 N–H and O–H groups in total. The maximum atomic E-state index is 5.31. The van der Waals surface area contributed by atoms with Crippen molar-refractivity contribution in [3.8, 4) is 11.5 Å². The molecule has 0 fully saturated rings. The number of anilines is 1. The van der Waals surface area contributed by atoms with Gasteiger partial charge < -0.3 is 9.47 Å². The molecule has 4 heteroatoms. The van der Waals surface area contributed by atoms with Gasteiger partial charge in [0.05, 0.1) is 26.1 Å². The summed E-state index contributed by atoms with van der Waals surface area (Å²) in [5, 5.41) is 4.21. The minimum atomic E-state index is 0.721. The highest BCUT2D eigenvalue weighted by atomic mass is 16.5. The van der Waals surface area contributed by atoms with Crippen molar-refractivity contribution in [2.45, 2.75) is 6.92 Å². The second kappa shape index (κ2) is 6.61. The van der Waals surface area contributed by atoms with Gasteiger partial charge in [-0.2, -0.15) is 5.10 Å². The van der Waals surface area contributed by atoms with Crippen LogP contribution < -0.4 is 14.9 Å². The monoisotopic (exact) mass is 270 g/mol. The minimum Gasteiger partial charge on any atom is -0.497 e. The highest BCUT2D eigenvalue weighted by Crippen LogP contribution is 2.23. The van der Waals surface area contributed by atoms with Gasteiger partial charge in [0.1, 0.15) is 11.5 Å². The van der Waals surface area contributed by atoms with E-state index in [1.165, 1.54) is 5.56 Å². The fourth-order valence-corrected chi connectivity index (χ4v) is 1.73. The number of rotatable bonds is 5. The molecule has 0 saturated heterocycles. The molecule has 0 saturated carbocycles. The summed E-state index contributed by atoms with van der Waals surface area (Å²) < 4.78 is 10.5. The van der Waals surface area contributed by atoms with E-state index in [0.717, 1.165) is 22.7 Å². The molecule has 0 amide bonds. The largest absolute Gasteiger partial charge is 0.497 e. The van der Waals surface area contributed by atoms with Crippen LogP contribution in [-0.2, 0) is 0 Å². The number of hydrogen-bond acceptors (Lipinski definition) is 4. The molecule has 2 aromatic carbocycles. The van der Waals surface area contributed by atoms with Gasteiger partial charge >= 0.3 is 0 Å². The van der Waals surface area contributed by atoms with Crippen molar-refractivity contribution in [1.82, 2.24) is 0 Å². The Morgan fingerprint density at radius 2 is 1.75 bits per heavy atom. The van der Waals surface area contributed by atoms with E-state index in [1.54, 1.807) is 20.4 Å². The van der Waals surface area contributed by atoms with Crippen molar-refractivity contribution in [2.75, 3.05) is 19.6 Å². The van der Waals surface area contributed by atoms with Crippen LogP contribution in [0.3, 0.4) is 0 Å². The summed E-state index contributed by atoms with van der Waals surface area (Å²) in [5.41, 5.74) is 6.03. The molecule has 2 rings (SSSR count). The summed E-state index contributed by atoms with van der Waals surface area (Å²) in [5.74, 6) is 1.48. The molecule has 2 aromatic rings. The third-order valence-electron chi connectivity index (χ3n) is 2.89. The number of nitrogens with zero attached hydrogens (tertiary/aromatic N) is 1. The molecule has 20 heavy (non-hydrogen) atoms. The first-order valence-electron chi connectivity index (χ1n) is 6.30. The van der Waals surface area contributed by atoms with Crippen molar-refractivity contribution in [2.24, 2.45) is 5.10 Å². The van der Waals surface area contributed by atoms with Gasteiger partial charge in [0.15, 0.2) is 0 Å². The van der Waals surface area contributed by atoms with Gasteiger partial charge in [-0.25, -0.2) is 0 Å². The van der Waals surface area contributed by atoms with Gasteiger partial charge in [-0.15, -0.1) is 0 Å². The molecule has 0 aliphatic rings. The van der Waals surface area contributed by atoms with Crippen molar-refractivity contribution >= 4 is 11.9 Å². The van der Waals surface area contributed by atoms with E-state index in [-0.39, 0.29) is 0 Å². The normalized spacial score (nSPS) is 10.6. The molecule has 0 atom stereocenters. The third-order valence-corrected chi connectivity index (χ3v) is 2.89. The van der Waals surface area contributed by atoms with Crippen molar-refractivity contribution in [1.29, 1.82) is 0 Å². The number of hydrogen-bond donors (Lipinski definition) is 1. The SMILES string of the molecule is COc1ccc(/C=N/Nc2ccc(C)cc2)c(OC)c1. The van der Waals surface area contributed by atoms with Gasteiger partial charge in [0.25, 0.3) is 0 Å². The van der Waals surface area contributed by atoms with Gasteiger partial charge in [0, 0.05) is 11.6 Å². The summed E-state index contributed by atoms with van der Waals surface area (Å²) in [4.78, 5) is 0. The molecule has 0 bridgehead atoms. The van der Waals surface area contributed by atoms with E-state index >= 15 is 0 Å². The summed E-state index contributed by atoms with van der Waals surface area (Å²) in [7, 11) is 3.25. The molecule has 0 radical (unpaired) electrons. The summed E-state index contributed by atoms with van der Waals surface area (Å²) in [6, 6.07) is 13.6. The highest BCUT2D eigenvalue weighted by Gasteiger charge is 2.02. The van der Waals surface area contributed by atoms with Gasteiger partial charge in [-0.05, 0) is 31.2 Å². The Hall–Kier alpha value is -2.49. The first kappa shape index (κ1) is 13.9. The summed E-state index contributed by atoms with van der Waals surface area (Å²) in [6.45, 7) is 2.05. The molecule has 0 spiro atoms. The number of hydrazone groups is 1. The van der Waals surface area contributed by atoms with E-state index in [0.29, 0.717) is 0 Å². The second-order valence-electron chi connectivity index (χ2n) is 4.34. The zero-order chi connectivity index (χ0) is 14.4. The van der Waals surface area contributed by atoms with Crippen LogP contribution in [0.4, 0.5) is 5.69 Å². The van der Waals surface area contributed by atoms with Crippen LogP contribution in [0.5, 0.6) is 11.5 Å². The molecular formula is C16H18N2O2. The lowest BCUT2D eigenvalue weighted by Crippen LogP contribution is -1.95. The Bertz CT molecular complexity index is 592. The van der Waals surface area contributed by atoms with Gasteiger partial charge in [0.2, 0.25) is 0 Å². The number of benzene rings is 2. The predicted octanol–water partition coefficient (Wildman–Crippen LogP) is 3.46. The van der Waals surface area contributed by atoms with Gasteiger partial charge in [-0.1, -0.05) is 17.7 Å². The second-order valence-corrected chi connectivity index (χ2v) is 4.34. The van der Waals surface area contributed by atoms with Crippen LogP contribution in [0.1, 0.15) is 11.1 Å². The average molecular weight is 270 g/mol. The predicted molar refractivity (Wildman–Crippen MR) is 81.9 cm³/mol. The van der Waals surface area contributed by atoms with E-state index in [9.17, 15) is 0 Å². The molecule has 4 nitrogen and oxygen atoms in total. The average Bonchev–Trinajstić information content (AvgIpc) is 2.49. The number of nitrogens with one attached hydrogen (secondary N) is 1. The van der Waals surface area contributed by atoms with Crippen LogP contribution in [0.15, 0.2) is 47.6 Å². The highest BCUT2D eigenvalue weighted by molar-refractivity contribution is 5.84.